The Bertz CT molecular complexity index is 383. The van der Waals surface area contributed by atoms with Crippen molar-refractivity contribution in [3.8, 4) is 0 Å². The largest absolute Gasteiger partial charge is 0.367 e. The summed E-state index contributed by atoms with van der Waals surface area (Å²) in [7, 11) is 0. The second kappa shape index (κ2) is 4.53. The van der Waals surface area contributed by atoms with Crippen LogP contribution in [-0.2, 0) is 11.2 Å². The van der Waals surface area contributed by atoms with E-state index < -0.39 is 0 Å². The van der Waals surface area contributed by atoms with Crippen LogP contribution >= 0.6 is 0 Å². The quantitative estimate of drug-likeness (QED) is 0.829. The number of H-pyrrole nitrogens is 1. The number of nitrogens with one attached hydrogen (secondary N) is 1. The normalized spacial score (nSPS) is 23.0. The fraction of sp³-hybridized carbons (Fsp3) is 0.615. The molecule has 0 aliphatic carbocycles. The topological polar surface area (TPSA) is 62.1 Å². The summed E-state index contributed by atoms with van der Waals surface area (Å²) in [6.07, 6.45) is 6.09. The van der Waals surface area contributed by atoms with Crippen molar-refractivity contribution in [2.24, 2.45) is 5.73 Å². The number of hydrogen-bond acceptors (Lipinski definition) is 2. The molecule has 1 amide bonds. The van der Waals surface area contributed by atoms with Crippen molar-refractivity contribution in [3.05, 3.63) is 24.0 Å². The van der Waals surface area contributed by atoms with E-state index in [-0.39, 0.29) is 17.5 Å². The monoisotopic (exact) mass is 235 g/mol. The van der Waals surface area contributed by atoms with Gasteiger partial charge in [0, 0.05) is 31.4 Å². The second-order valence-corrected chi connectivity index (χ2v) is 5.31. The van der Waals surface area contributed by atoms with Crippen molar-refractivity contribution < 1.29 is 4.79 Å². The molecule has 17 heavy (non-hydrogen) atoms. The van der Waals surface area contributed by atoms with Gasteiger partial charge in [-0.1, -0.05) is 0 Å². The van der Waals surface area contributed by atoms with Gasteiger partial charge in [-0.2, -0.15) is 0 Å². The molecule has 2 heterocycles. The average Bonchev–Trinajstić information content (AvgIpc) is 2.86. The number of carbonyl (C=O) groups is 1. The lowest BCUT2D eigenvalue weighted by Gasteiger charge is -2.34. The zero-order chi connectivity index (χ0) is 12.5. The molecule has 1 aliphatic heterocycles. The van der Waals surface area contributed by atoms with E-state index >= 15 is 0 Å². The van der Waals surface area contributed by atoms with Crippen LogP contribution in [-0.4, -0.2) is 33.9 Å². The van der Waals surface area contributed by atoms with Crippen LogP contribution in [0.25, 0.3) is 0 Å². The van der Waals surface area contributed by atoms with Crippen LogP contribution in [0.1, 0.15) is 32.3 Å². The maximum Gasteiger partial charge on any atom is 0.223 e. The summed E-state index contributed by atoms with van der Waals surface area (Å²) in [6.45, 7) is 4.90. The third-order valence-corrected chi connectivity index (χ3v) is 3.86. The Kier molecular flexibility index (Phi) is 3.24. The lowest BCUT2D eigenvalue weighted by Crippen LogP contribution is -2.51. The third kappa shape index (κ3) is 2.36. The number of aromatic nitrogens is 1. The van der Waals surface area contributed by atoms with E-state index in [1.807, 2.05) is 23.4 Å². The minimum atomic E-state index is -0.199. The highest BCUT2D eigenvalue weighted by molar-refractivity contribution is 5.77. The fourth-order valence-electron chi connectivity index (χ4n) is 2.46. The molecule has 2 rings (SSSR count). The van der Waals surface area contributed by atoms with Crippen molar-refractivity contribution in [1.29, 1.82) is 0 Å². The molecule has 1 atom stereocenters. The number of nitrogens with zero attached hydrogens (tertiary/aromatic N) is 1. The van der Waals surface area contributed by atoms with Gasteiger partial charge in [-0.3, -0.25) is 4.79 Å². The van der Waals surface area contributed by atoms with E-state index in [2.05, 4.69) is 18.8 Å². The van der Waals surface area contributed by atoms with Gasteiger partial charge in [0.15, 0.2) is 0 Å². The minimum absolute atomic E-state index is 0.0960. The van der Waals surface area contributed by atoms with E-state index in [1.54, 1.807) is 0 Å². The first-order chi connectivity index (χ1) is 8.01. The van der Waals surface area contributed by atoms with Gasteiger partial charge in [0.05, 0.1) is 5.54 Å². The molecule has 0 bridgehead atoms. The van der Waals surface area contributed by atoms with Crippen molar-refractivity contribution in [2.75, 3.05) is 6.54 Å². The van der Waals surface area contributed by atoms with Gasteiger partial charge in [-0.05, 0) is 38.3 Å². The summed E-state index contributed by atoms with van der Waals surface area (Å²) < 4.78 is 0. The molecule has 1 unspecified atom stereocenters. The van der Waals surface area contributed by atoms with E-state index in [0.29, 0.717) is 6.42 Å². The highest BCUT2D eigenvalue weighted by Gasteiger charge is 2.41. The molecule has 1 aromatic heterocycles. The Hall–Kier alpha value is -1.29. The fourth-order valence-corrected chi connectivity index (χ4v) is 2.46. The van der Waals surface area contributed by atoms with Crippen LogP contribution in [0.5, 0.6) is 0 Å². The molecule has 1 aliphatic rings. The summed E-state index contributed by atoms with van der Waals surface area (Å²) in [4.78, 5) is 17.1. The minimum Gasteiger partial charge on any atom is -0.367 e. The highest BCUT2D eigenvalue weighted by atomic mass is 16.2. The van der Waals surface area contributed by atoms with E-state index in [9.17, 15) is 4.79 Å². The molecule has 4 heteroatoms. The maximum absolute atomic E-state index is 12.2. The first-order valence-corrected chi connectivity index (χ1v) is 6.19. The van der Waals surface area contributed by atoms with Crippen LogP contribution in [0, 0.1) is 0 Å². The Morgan fingerprint density at radius 1 is 1.65 bits per heavy atom. The van der Waals surface area contributed by atoms with Crippen LogP contribution in [0.2, 0.25) is 0 Å². The molecular weight excluding hydrogens is 214 g/mol. The van der Waals surface area contributed by atoms with Crippen molar-refractivity contribution >= 4 is 5.91 Å². The number of rotatable bonds is 3. The Morgan fingerprint density at radius 3 is 2.94 bits per heavy atom. The summed E-state index contributed by atoms with van der Waals surface area (Å²) in [5, 5.41) is 0. The van der Waals surface area contributed by atoms with Gasteiger partial charge >= 0.3 is 0 Å². The predicted molar refractivity (Wildman–Crippen MR) is 67.5 cm³/mol. The van der Waals surface area contributed by atoms with Gasteiger partial charge in [0.25, 0.3) is 0 Å². The molecule has 1 fully saturated rings. The molecule has 3 N–H and O–H groups in total. The smallest absolute Gasteiger partial charge is 0.223 e. The molecule has 0 aromatic carbocycles. The number of aromatic amines is 1. The number of hydrogen-bond donors (Lipinski definition) is 2. The molecular formula is C13H21N3O. The SMILES string of the molecule is CC1(C)C(N)CCN1C(=O)CCc1cc[nH]c1. The summed E-state index contributed by atoms with van der Waals surface area (Å²) in [5.41, 5.74) is 7.01. The van der Waals surface area contributed by atoms with Gasteiger partial charge in [0.1, 0.15) is 0 Å². The average molecular weight is 235 g/mol. The Morgan fingerprint density at radius 2 is 2.41 bits per heavy atom. The van der Waals surface area contributed by atoms with Gasteiger partial charge in [-0.15, -0.1) is 0 Å². The molecule has 94 valence electrons. The van der Waals surface area contributed by atoms with Gasteiger partial charge in [-0.25, -0.2) is 0 Å². The predicted octanol–water partition coefficient (Wildman–Crippen LogP) is 1.29. The maximum atomic E-state index is 12.2. The number of carbonyl (C=O) groups excluding carboxylic acids is 1. The van der Waals surface area contributed by atoms with Gasteiger partial charge < -0.3 is 15.6 Å². The van der Waals surface area contributed by atoms with Crippen LogP contribution in [0.15, 0.2) is 18.5 Å². The molecule has 1 saturated heterocycles. The van der Waals surface area contributed by atoms with Crippen LogP contribution < -0.4 is 5.73 Å². The number of amides is 1. The summed E-state index contributed by atoms with van der Waals surface area (Å²) in [6, 6.07) is 2.10. The molecule has 0 radical (unpaired) electrons. The lowest BCUT2D eigenvalue weighted by molar-refractivity contribution is -0.134. The van der Waals surface area contributed by atoms with E-state index in [4.69, 9.17) is 5.73 Å². The Balaban J connectivity index is 1.92. The third-order valence-electron chi connectivity index (χ3n) is 3.86. The second-order valence-electron chi connectivity index (χ2n) is 5.31. The number of aryl methyl sites for hydroxylation is 1. The first-order valence-electron chi connectivity index (χ1n) is 6.19. The summed E-state index contributed by atoms with van der Waals surface area (Å²) in [5.74, 6) is 0.212. The van der Waals surface area contributed by atoms with Crippen LogP contribution in [0.3, 0.4) is 0 Å². The molecule has 0 saturated carbocycles. The number of nitrogens with two attached hydrogens (primary N) is 1. The van der Waals surface area contributed by atoms with Gasteiger partial charge in [0.2, 0.25) is 5.91 Å². The highest BCUT2D eigenvalue weighted by Crippen LogP contribution is 2.28. The van der Waals surface area contributed by atoms with E-state index in [0.717, 1.165) is 19.4 Å². The Labute approximate surface area is 102 Å². The number of likely N-dealkylation sites (tertiary alicyclic amines) is 1. The standard InChI is InChI=1S/C13H21N3O/c1-13(2)11(14)6-8-16(13)12(17)4-3-10-5-7-15-9-10/h5,7,9,11,15H,3-4,6,8,14H2,1-2H3. The van der Waals surface area contributed by atoms with E-state index in [1.165, 1.54) is 5.56 Å². The zero-order valence-corrected chi connectivity index (χ0v) is 10.6. The molecule has 1 aromatic rings. The van der Waals surface area contributed by atoms with Crippen molar-refractivity contribution in [3.63, 3.8) is 0 Å². The van der Waals surface area contributed by atoms with Crippen LogP contribution in [0.4, 0.5) is 0 Å². The van der Waals surface area contributed by atoms with Crippen molar-refractivity contribution in [1.82, 2.24) is 9.88 Å². The zero-order valence-electron chi connectivity index (χ0n) is 10.6. The molecule has 0 spiro atoms. The first kappa shape index (κ1) is 12.2. The lowest BCUT2D eigenvalue weighted by atomic mass is 9.96. The summed E-state index contributed by atoms with van der Waals surface area (Å²) >= 11 is 0. The molecule has 4 nitrogen and oxygen atoms in total. The van der Waals surface area contributed by atoms with Crippen molar-refractivity contribution in [2.45, 2.75) is 44.7 Å².